The number of carbonyl (C=O) groups excluding carboxylic acids is 1. The highest BCUT2D eigenvalue weighted by molar-refractivity contribution is 5.95. The number of ether oxygens (including phenoxy) is 3. The fraction of sp³-hybridized carbons (Fsp3) is 0.368. The first kappa shape index (κ1) is 21.3. The standard InChI is InChI=1S/C19H21F3N2O4/c1-5-24(11-12-6-7-13(26-2)8-16(12)27-3)18(25)14-10-23-17(28-4)9-15(14)19(20,21)22/h6-10H,5,11H2,1-4H3. The van der Waals surface area contributed by atoms with E-state index in [2.05, 4.69) is 4.98 Å². The minimum atomic E-state index is -4.72. The van der Waals surface area contributed by atoms with Gasteiger partial charge >= 0.3 is 6.18 Å². The highest BCUT2D eigenvalue weighted by atomic mass is 19.4. The lowest BCUT2D eigenvalue weighted by Crippen LogP contribution is -2.32. The molecule has 9 heteroatoms. The molecule has 0 aliphatic rings. The number of hydrogen-bond acceptors (Lipinski definition) is 5. The van der Waals surface area contributed by atoms with Gasteiger partial charge in [0.25, 0.3) is 5.91 Å². The molecule has 0 spiro atoms. The van der Waals surface area contributed by atoms with Crippen molar-refractivity contribution < 1.29 is 32.2 Å². The number of hydrogen-bond donors (Lipinski definition) is 0. The minimum Gasteiger partial charge on any atom is -0.497 e. The molecule has 2 rings (SSSR count). The van der Waals surface area contributed by atoms with E-state index in [1.54, 1.807) is 25.1 Å². The van der Waals surface area contributed by atoms with Gasteiger partial charge in [0.2, 0.25) is 5.88 Å². The predicted octanol–water partition coefficient (Wildman–Crippen LogP) is 3.79. The second-order valence-corrected chi connectivity index (χ2v) is 5.77. The van der Waals surface area contributed by atoms with Gasteiger partial charge in [-0.1, -0.05) is 0 Å². The van der Waals surface area contributed by atoms with Crippen molar-refractivity contribution in [2.75, 3.05) is 27.9 Å². The van der Waals surface area contributed by atoms with Gasteiger partial charge in [0, 0.05) is 37.0 Å². The van der Waals surface area contributed by atoms with Crippen LogP contribution in [0.5, 0.6) is 17.4 Å². The Kier molecular flexibility index (Phi) is 6.71. The fourth-order valence-electron chi connectivity index (χ4n) is 2.64. The maximum atomic E-state index is 13.4. The van der Waals surface area contributed by atoms with Gasteiger partial charge in [-0.3, -0.25) is 4.79 Å². The molecule has 0 fully saturated rings. The van der Waals surface area contributed by atoms with E-state index in [0.29, 0.717) is 17.1 Å². The Morgan fingerprint density at radius 3 is 2.36 bits per heavy atom. The molecular weight excluding hydrogens is 377 g/mol. The monoisotopic (exact) mass is 398 g/mol. The molecule has 1 amide bonds. The molecule has 2 aromatic rings. The summed E-state index contributed by atoms with van der Waals surface area (Å²) in [5.41, 5.74) is -0.999. The number of methoxy groups -OCH3 is 3. The number of amides is 1. The molecule has 0 bridgehead atoms. The molecule has 0 aliphatic carbocycles. The molecule has 0 unspecified atom stereocenters. The number of aromatic nitrogens is 1. The van der Waals surface area contributed by atoms with E-state index in [4.69, 9.17) is 14.2 Å². The van der Waals surface area contributed by atoms with Crippen molar-refractivity contribution in [3.63, 3.8) is 0 Å². The van der Waals surface area contributed by atoms with Crippen molar-refractivity contribution in [3.8, 4) is 17.4 Å². The Labute approximate surface area is 160 Å². The van der Waals surface area contributed by atoms with E-state index >= 15 is 0 Å². The number of pyridine rings is 1. The van der Waals surface area contributed by atoms with Gasteiger partial charge in [-0.15, -0.1) is 0 Å². The van der Waals surface area contributed by atoms with Crippen LogP contribution in [0.15, 0.2) is 30.5 Å². The zero-order valence-electron chi connectivity index (χ0n) is 16.0. The molecule has 0 aliphatic heterocycles. The molecule has 0 saturated heterocycles. The topological polar surface area (TPSA) is 60.9 Å². The zero-order chi connectivity index (χ0) is 20.9. The van der Waals surface area contributed by atoms with E-state index in [1.165, 1.54) is 26.2 Å². The number of halogens is 3. The Hall–Kier alpha value is -2.97. The summed E-state index contributed by atoms with van der Waals surface area (Å²) in [6.45, 7) is 1.93. The first-order chi connectivity index (χ1) is 13.2. The summed E-state index contributed by atoms with van der Waals surface area (Å²) in [7, 11) is 4.18. The Morgan fingerprint density at radius 1 is 1.11 bits per heavy atom. The van der Waals surface area contributed by atoms with E-state index in [9.17, 15) is 18.0 Å². The van der Waals surface area contributed by atoms with Crippen LogP contribution in [0, 0.1) is 0 Å². The predicted molar refractivity (Wildman–Crippen MR) is 95.8 cm³/mol. The van der Waals surface area contributed by atoms with Crippen LogP contribution in [0.3, 0.4) is 0 Å². The summed E-state index contributed by atoms with van der Waals surface area (Å²) >= 11 is 0. The molecule has 0 radical (unpaired) electrons. The van der Waals surface area contributed by atoms with Crippen LogP contribution in [-0.2, 0) is 12.7 Å². The number of nitrogens with zero attached hydrogens (tertiary/aromatic N) is 2. The molecule has 1 heterocycles. The fourth-order valence-corrected chi connectivity index (χ4v) is 2.64. The van der Waals surface area contributed by atoms with Gasteiger partial charge in [-0.25, -0.2) is 4.98 Å². The van der Waals surface area contributed by atoms with Crippen molar-refractivity contribution in [1.29, 1.82) is 0 Å². The Bertz CT molecular complexity index is 840. The van der Waals surface area contributed by atoms with Crippen molar-refractivity contribution in [2.24, 2.45) is 0 Å². The molecule has 152 valence electrons. The third-order valence-electron chi connectivity index (χ3n) is 4.15. The molecule has 28 heavy (non-hydrogen) atoms. The van der Waals surface area contributed by atoms with Crippen LogP contribution < -0.4 is 14.2 Å². The largest absolute Gasteiger partial charge is 0.497 e. The molecule has 0 saturated carbocycles. The lowest BCUT2D eigenvalue weighted by molar-refractivity contribution is -0.138. The third kappa shape index (κ3) is 4.65. The van der Waals surface area contributed by atoms with Crippen molar-refractivity contribution in [1.82, 2.24) is 9.88 Å². The molecule has 0 N–H and O–H groups in total. The van der Waals surface area contributed by atoms with Crippen LogP contribution in [0.25, 0.3) is 0 Å². The van der Waals surface area contributed by atoms with Crippen LogP contribution in [0.1, 0.15) is 28.4 Å². The van der Waals surface area contributed by atoms with Gasteiger partial charge in [0.15, 0.2) is 0 Å². The van der Waals surface area contributed by atoms with E-state index in [0.717, 1.165) is 12.3 Å². The van der Waals surface area contributed by atoms with Crippen molar-refractivity contribution >= 4 is 5.91 Å². The smallest absolute Gasteiger partial charge is 0.417 e. The summed E-state index contributed by atoms with van der Waals surface area (Å²) < 4.78 is 55.5. The molecule has 1 aromatic carbocycles. The van der Waals surface area contributed by atoms with Crippen molar-refractivity contribution in [2.45, 2.75) is 19.6 Å². The van der Waals surface area contributed by atoms with E-state index in [-0.39, 0.29) is 19.0 Å². The first-order valence-corrected chi connectivity index (χ1v) is 8.36. The SMILES string of the molecule is CCN(Cc1ccc(OC)cc1OC)C(=O)c1cnc(OC)cc1C(F)(F)F. The quantitative estimate of drug-likeness (QED) is 0.710. The van der Waals surface area contributed by atoms with Gasteiger partial charge < -0.3 is 19.1 Å². The van der Waals surface area contributed by atoms with Gasteiger partial charge in [-0.2, -0.15) is 13.2 Å². The normalized spacial score (nSPS) is 11.1. The maximum absolute atomic E-state index is 13.4. The lowest BCUT2D eigenvalue weighted by atomic mass is 10.1. The van der Waals surface area contributed by atoms with E-state index < -0.39 is 23.2 Å². The minimum absolute atomic E-state index is 0.0613. The van der Waals surface area contributed by atoms with E-state index in [1.807, 2.05) is 0 Å². The molecule has 1 aromatic heterocycles. The van der Waals surface area contributed by atoms with Gasteiger partial charge in [0.1, 0.15) is 11.5 Å². The number of rotatable bonds is 7. The third-order valence-corrected chi connectivity index (χ3v) is 4.15. The number of carbonyl (C=O) groups is 1. The number of benzene rings is 1. The molecule has 6 nitrogen and oxygen atoms in total. The highest BCUT2D eigenvalue weighted by Crippen LogP contribution is 2.34. The summed E-state index contributed by atoms with van der Waals surface area (Å²) in [6.07, 6.45) is -3.84. The number of alkyl halides is 3. The first-order valence-electron chi connectivity index (χ1n) is 8.36. The zero-order valence-corrected chi connectivity index (χ0v) is 16.0. The van der Waals surface area contributed by atoms with Gasteiger partial charge in [-0.05, 0) is 19.1 Å². The molecule has 0 atom stereocenters. The Morgan fingerprint density at radius 2 is 1.82 bits per heavy atom. The average molecular weight is 398 g/mol. The van der Waals surface area contributed by atoms with Crippen LogP contribution in [0.4, 0.5) is 13.2 Å². The summed E-state index contributed by atoms with van der Waals surface area (Å²) in [5.74, 6) is 0.0229. The summed E-state index contributed by atoms with van der Waals surface area (Å²) in [6, 6.07) is 5.75. The van der Waals surface area contributed by atoms with Crippen LogP contribution in [0.2, 0.25) is 0 Å². The highest BCUT2D eigenvalue weighted by Gasteiger charge is 2.37. The van der Waals surface area contributed by atoms with Crippen LogP contribution >= 0.6 is 0 Å². The Balaban J connectivity index is 2.39. The van der Waals surface area contributed by atoms with Crippen molar-refractivity contribution in [3.05, 3.63) is 47.2 Å². The summed E-state index contributed by atoms with van der Waals surface area (Å²) in [4.78, 5) is 17.9. The maximum Gasteiger partial charge on any atom is 0.417 e. The van der Waals surface area contributed by atoms with Crippen LogP contribution in [-0.4, -0.2) is 43.7 Å². The molecular formula is C19H21F3N2O4. The summed E-state index contributed by atoms with van der Waals surface area (Å²) in [5, 5.41) is 0. The van der Waals surface area contributed by atoms with Gasteiger partial charge in [0.05, 0.1) is 32.5 Å². The average Bonchev–Trinajstić information content (AvgIpc) is 2.70. The second kappa shape index (κ2) is 8.81. The lowest BCUT2D eigenvalue weighted by Gasteiger charge is -2.24. The second-order valence-electron chi connectivity index (χ2n) is 5.77.